The Bertz CT molecular complexity index is 555. The largest absolute Gasteiger partial charge is 0.484 e. The van der Waals surface area contributed by atoms with E-state index in [0.717, 1.165) is 25.8 Å². The fourth-order valence-corrected chi connectivity index (χ4v) is 2.10. The molecule has 0 unspecified atom stereocenters. The second kappa shape index (κ2) is 9.10. The average molecular weight is 322 g/mol. The normalized spacial score (nSPS) is 10.4. The first-order chi connectivity index (χ1) is 10.7. The second-order valence-electron chi connectivity index (χ2n) is 4.95. The molecule has 0 fully saturated rings. The van der Waals surface area contributed by atoms with Crippen LogP contribution in [0.4, 0.5) is 0 Å². The Morgan fingerprint density at radius 1 is 1.23 bits per heavy atom. The Morgan fingerprint density at radius 2 is 2.05 bits per heavy atom. The molecular formula is C16H20ClN3O2. The molecule has 0 aliphatic heterocycles. The van der Waals surface area contributed by atoms with E-state index < -0.39 is 0 Å². The maximum atomic E-state index is 11.6. The number of nitrogens with zero attached hydrogens (tertiary/aromatic N) is 2. The third-order valence-corrected chi connectivity index (χ3v) is 3.41. The van der Waals surface area contributed by atoms with Crippen molar-refractivity contribution in [2.45, 2.75) is 25.8 Å². The first kappa shape index (κ1) is 16.4. The van der Waals surface area contributed by atoms with Crippen molar-refractivity contribution in [3.8, 4) is 5.75 Å². The number of amides is 1. The van der Waals surface area contributed by atoms with Gasteiger partial charge in [-0.2, -0.15) is 0 Å². The summed E-state index contributed by atoms with van der Waals surface area (Å²) in [6, 6.07) is 6.95. The van der Waals surface area contributed by atoms with Crippen molar-refractivity contribution in [2.75, 3.05) is 13.2 Å². The predicted octanol–water partition coefficient (Wildman–Crippen LogP) is 2.90. The number of hydrogen-bond donors (Lipinski definition) is 1. The van der Waals surface area contributed by atoms with Crippen LogP contribution in [0.3, 0.4) is 0 Å². The molecule has 0 saturated heterocycles. The van der Waals surface area contributed by atoms with Crippen molar-refractivity contribution in [1.29, 1.82) is 0 Å². The summed E-state index contributed by atoms with van der Waals surface area (Å²) in [7, 11) is 0. The Labute approximate surface area is 135 Å². The number of halogens is 1. The number of aromatic nitrogens is 2. The highest BCUT2D eigenvalue weighted by Crippen LogP contribution is 2.15. The van der Waals surface area contributed by atoms with Gasteiger partial charge in [-0.1, -0.05) is 11.6 Å². The minimum absolute atomic E-state index is 0.0245. The highest BCUT2D eigenvalue weighted by molar-refractivity contribution is 6.30. The number of carbonyl (C=O) groups excluding carboxylic acids is 1. The van der Waals surface area contributed by atoms with Crippen LogP contribution in [0.15, 0.2) is 43.0 Å². The molecule has 0 aliphatic rings. The Hall–Kier alpha value is -2.01. The molecule has 6 heteroatoms. The summed E-state index contributed by atoms with van der Waals surface area (Å²) < 4.78 is 7.42. The van der Waals surface area contributed by atoms with Crippen molar-refractivity contribution in [3.05, 3.63) is 48.0 Å². The molecule has 0 spiro atoms. The lowest BCUT2D eigenvalue weighted by Crippen LogP contribution is -2.29. The van der Waals surface area contributed by atoms with Crippen LogP contribution in [0.5, 0.6) is 5.75 Å². The van der Waals surface area contributed by atoms with E-state index in [-0.39, 0.29) is 12.5 Å². The number of benzene rings is 1. The maximum Gasteiger partial charge on any atom is 0.257 e. The Kier molecular flexibility index (Phi) is 6.77. The van der Waals surface area contributed by atoms with E-state index in [1.807, 2.05) is 12.5 Å². The number of carbonyl (C=O) groups is 1. The fourth-order valence-electron chi connectivity index (χ4n) is 1.97. The van der Waals surface area contributed by atoms with Gasteiger partial charge in [-0.15, -0.1) is 0 Å². The van der Waals surface area contributed by atoms with Gasteiger partial charge in [0.05, 0.1) is 6.33 Å². The van der Waals surface area contributed by atoms with Crippen LogP contribution in [0.25, 0.3) is 0 Å². The van der Waals surface area contributed by atoms with Crippen LogP contribution in [-0.4, -0.2) is 28.6 Å². The van der Waals surface area contributed by atoms with E-state index in [1.54, 1.807) is 30.5 Å². The Morgan fingerprint density at radius 3 is 2.77 bits per heavy atom. The molecule has 1 aromatic carbocycles. The third-order valence-electron chi connectivity index (χ3n) is 3.16. The summed E-state index contributed by atoms with van der Waals surface area (Å²) in [5.41, 5.74) is 0. The lowest BCUT2D eigenvalue weighted by molar-refractivity contribution is -0.123. The standard InChI is InChI=1S/C16H20ClN3O2/c17-14-4-6-15(7-5-14)22-12-16(21)19-8-2-1-3-10-20-11-9-18-13-20/h4-7,9,11,13H,1-3,8,10,12H2,(H,19,21). The second-order valence-corrected chi connectivity index (χ2v) is 5.39. The van der Waals surface area contributed by atoms with Crippen molar-refractivity contribution < 1.29 is 9.53 Å². The van der Waals surface area contributed by atoms with Crippen molar-refractivity contribution in [2.24, 2.45) is 0 Å². The van der Waals surface area contributed by atoms with E-state index in [1.165, 1.54) is 0 Å². The zero-order valence-corrected chi connectivity index (χ0v) is 13.1. The van der Waals surface area contributed by atoms with Gasteiger partial charge in [-0.25, -0.2) is 4.98 Å². The van der Waals surface area contributed by atoms with Gasteiger partial charge in [0.25, 0.3) is 5.91 Å². The average Bonchev–Trinajstić information content (AvgIpc) is 3.03. The minimum atomic E-state index is -0.107. The summed E-state index contributed by atoms with van der Waals surface area (Å²) in [6.07, 6.45) is 8.65. The highest BCUT2D eigenvalue weighted by Gasteiger charge is 2.02. The highest BCUT2D eigenvalue weighted by atomic mass is 35.5. The minimum Gasteiger partial charge on any atom is -0.484 e. The van der Waals surface area contributed by atoms with Gasteiger partial charge in [0.1, 0.15) is 5.75 Å². The molecule has 2 aromatic rings. The Balaban J connectivity index is 1.49. The maximum absolute atomic E-state index is 11.6. The number of ether oxygens (including phenoxy) is 1. The number of aryl methyl sites for hydroxylation is 1. The summed E-state index contributed by atoms with van der Waals surface area (Å²) in [5.74, 6) is 0.532. The number of imidazole rings is 1. The first-order valence-electron chi connectivity index (χ1n) is 7.35. The van der Waals surface area contributed by atoms with E-state index in [9.17, 15) is 4.79 Å². The number of hydrogen-bond acceptors (Lipinski definition) is 3. The molecule has 0 bridgehead atoms. The number of rotatable bonds is 9. The van der Waals surface area contributed by atoms with Gasteiger partial charge in [-0.3, -0.25) is 4.79 Å². The molecule has 1 amide bonds. The summed E-state index contributed by atoms with van der Waals surface area (Å²) >= 11 is 5.78. The smallest absolute Gasteiger partial charge is 0.257 e. The SMILES string of the molecule is O=C(COc1ccc(Cl)cc1)NCCCCCn1ccnc1. The van der Waals surface area contributed by atoms with Crippen LogP contribution in [0.2, 0.25) is 5.02 Å². The van der Waals surface area contributed by atoms with Crippen molar-refractivity contribution in [1.82, 2.24) is 14.9 Å². The van der Waals surface area contributed by atoms with Gasteiger partial charge >= 0.3 is 0 Å². The first-order valence-corrected chi connectivity index (χ1v) is 7.72. The molecule has 118 valence electrons. The van der Waals surface area contributed by atoms with E-state index in [0.29, 0.717) is 17.3 Å². The molecule has 1 heterocycles. The van der Waals surface area contributed by atoms with E-state index in [4.69, 9.17) is 16.3 Å². The van der Waals surface area contributed by atoms with Gasteiger partial charge in [0.2, 0.25) is 0 Å². The molecular weight excluding hydrogens is 302 g/mol. The molecule has 0 atom stereocenters. The molecule has 22 heavy (non-hydrogen) atoms. The zero-order valence-electron chi connectivity index (χ0n) is 12.4. The van der Waals surface area contributed by atoms with Gasteiger partial charge in [0.15, 0.2) is 6.61 Å². The quantitative estimate of drug-likeness (QED) is 0.722. The topological polar surface area (TPSA) is 56.1 Å². The lowest BCUT2D eigenvalue weighted by atomic mass is 10.2. The van der Waals surface area contributed by atoms with Crippen LogP contribution in [0, 0.1) is 0 Å². The van der Waals surface area contributed by atoms with Crippen molar-refractivity contribution >= 4 is 17.5 Å². The molecule has 1 aromatic heterocycles. The van der Waals surface area contributed by atoms with Crippen LogP contribution in [0.1, 0.15) is 19.3 Å². The third kappa shape index (κ3) is 6.18. The fraction of sp³-hybridized carbons (Fsp3) is 0.375. The van der Waals surface area contributed by atoms with E-state index >= 15 is 0 Å². The predicted molar refractivity (Wildman–Crippen MR) is 86.0 cm³/mol. The lowest BCUT2D eigenvalue weighted by Gasteiger charge is -2.07. The summed E-state index contributed by atoms with van der Waals surface area (Å²) in [5, 5.41) is 3.49. The molecule has 2 rings (SSSR count). The van der Waals surface area contributed by atoms with Gasteiger partial charge in [-0.05, 0) is 43.5 Å². The monoisotopic (exact) mass is 321 g/mol. The van der Waals surface area contributed by atoms with E-state index in [2.05, 4.69) is 14.9 Å². The van der Waals surface area contributed by atoms with Crippen LogP contribution < -0.4 is 10.1 Å². The zero-order chi connectivity index (χ0) is 15.6. The summed E-state index contributed by atoms with van der Waals surface area (Å²) in [6.45, 7) is 1.66. The summed E-state index contributed by atoms with van der Waals surface area (Å²) in [4.78, 5) is 15.6. The molecule has 0 radical (unpaired) electrons. The molecule has 1 N–H and O–H groups in total. The van der Waals surface area contributed by atoms with Gasteiger partial charge < -0.3 is 14.6 Å². The molecule has 0 aliphatic carbocycles. The molecule has 0 saturated carbocycles. The van der Waals surface area contributed by atoms with Gasteiger partial charge in [0, 0.05) is 30.5 Å². The molecule has 5 nitrogen and oxygen atoms in total. The van der Waals surface area contributed by atoms with Crippen LogP contribution >= 0.6 is 11.6 Å². The number of nitrogens with one attached hydrogen (secondary N) is 1. The van der Waals surface area contributed by atoms with Crippen molar-refractivity contribution in [3.63, 3.8) is 0 Å². The number of unbranched alkanes of at least 4 members (excludes halogenated alkanes) is 2. The van der Waals surface area contributed by atoms with Crippen LogP contribution in [-0.2, 0) is 11.3 Å².